The first-order valence-corrected chi connectivity index (χ1v) is 6.80. The number of ether oxygens (including phenoxy) is 1. The molecule has 0 atom stereocenters. The van der Waals surface area contributed by atoms with E-state index in [4.69, 9.17) is 10.5 Å². The van der Waals surface area contributed by atoms with Crippen LogP contribution >= 0.6 is 0 Å². The van der Waals surface area contributed by atoms with Crippen molar-refractivity contribution >= 4 is 5.82 Å². The summed E-state index contributed by atoms with van der Waals surface area (Å²) in [6.45, 7) is 1.79. The summed E-state index contributed by atoms with van der Waals surface area (Å²) in [5.41, 5.74) is 7.80. The van der Waals surface area contributed by atoms with E-state index in [1.165, 1.54) is 5.56 Å². The van der Waals surface area contributed by atoms with Gasteiger partial charge in [-0.1, -0.05) is 12.1 Å². The van der Waals surface area contributed by atoms with Crippen LogP contribution in [0.1, 0.15) is 17.7 Å². The van der Waals surface area contributed by atoms with Gasteiger partial charge in [0, 0.05) is 24.7 Å². The van der Waals surface area contributed by atoms with Crippen molar-refractivity contribution < 1.29 is 4.74 Å². The SMILES string of the molecule is CN(C)CCCOc1ccc(Cc2cc(N)n[nH]2)cc1. The van der Waals surface area contributed by atoms with Gasteiger partial charge >= 0.3 is 0 Å². The second-order valence-corrected chi connectivity index (χ2v) is 5.14. The third-order valence-electron chi connectivity index (χ3n) is 2.99. The van der Waals surface area contributed by atoms with Gasteiger partial charge in [0.05, 0.1) is 6.61 Å². The van der Waals surface area contributed by atoms with Crippen molar-refractivity contribution in [2.75, 3.05) is 33.0 Å². The first kappa shape index (κ1) is 14.4. The molecule has 0 unspecified atom stereocenters. The van der Waals surface area contributed by atoms with E-state index in [1.807, 2.05) is 18.2 Å². The molecule has 2 rings (SSSR count). The number of nitrogen functional groups attached to an aromatic ring is 1. The average molecular weight is 274 g/mol. The van der Waals surface area contributed by atoms with Crippen molar-refractivity contribution in [3.8, 4) is 5.75 Å². The Bertz CT molecular complexity index is 519. The molecule has 0 bridgehead atoms. The summed E-state index contributed by atoms with van der Waals surface area (Å²) in [5.74, 6) is 1.44. The van der Waals surface area contributed by atoms with Crippen molar-refractivity contribution in [3.05, 3.63) is 41.6 Å². The normalized spacial score (nSPS) is 10.9. The number of hydrogen-bond acceptors (Lipinski definition) is 4. The molecule has 0 aliphatic heterocycles. The Kier molecular flexibility index (Phi) is 5.01. The molecule has 0 aliphatic carbocycles. The number of hydrogen-bond donors (Lipinski definition) is 2. The highest BCUT2D eigenvalue weighted by molar-refractivity contribution is 5.33. The highest BCUT2D eigenvalue weighted by Gasteiger charge is 2.01. The predicted octanol–water partition coefficient (Wildman–Crippen LogP) is 1.91. The highest BCUT2D eigenvalue weighted by Crippen LogP contribution is 2.15. The van der Waals surface area contributed by atoms with Crippen molar-refractivity contribution in [1.82, 2.24) is 15.1 Å². The van der Waals surface area contributed by atoms with Gasteiger partial charge in [-0.15, -0.1) is 0 Å². The topological polar surface area (TPSA) is 67.2 Å². The lowest BCUT2D eigenvalue weighted by atomic mass is 10.1. The van der Waals surface area contributed by atoms with E-state index in [0.717, 1.165) is 37.4 Å². The van der Waals surface area contributed by atoms with Gasteiger partial charge in [0.25, 0.3) is 0 Å². The van der Waals surface area contributed by atoms with Gasteiger partial charge in [0.1, 0.15) is 11.6 Å². The summed E-state index contributed by atoms with van der Waals surface area (Å²) < 4.78 is 5.70. The van der Waals surface area contributed by atoms with Crippen LogP contribution in [0, 0.1) is 0 Å². The van der Waals surface area contributed by atoms with E-state index in [0.29, 0.717) is 5.82 Å². The zero-order valence-corrected chi connectivity index (χ0v) is 12.1. The fourth-order valence-electron chi connectivity index (χ4n) is 1.96. The van der Waals surface area contributed by atoms with Gasteiger partial charge in [0.15, 0.2) is 0 Å². The largest absolute Gasteiger partial charge is 0.494 e. The van der Waals surface area contributed by atoms with Gasteiger partial charge in [-0.3, -0.25) is 5.10 Å². The number of benzene rings is 1. The van der Waals surface area contributed by atoms with Crippen LogP contribution in [0.15, 0.2) is 30.3 Å². The van der Waals surface area contributed by atoms with Crippen LogP contribution in [0.4, 0.5) is 5.82 Å². The molecule has 5 nitrogen and oxygen atoms in total. The molecule has 0 radical (unpaired) electrons. The molecule has 1 aromatic heterocycles. The monoisotopic (exact) mass is 274 g/mol. The second kappa shape index (κ2) is 6.96. The molecule has 2 aromatic rings. The van der Waals surface area contributed by atoms with Crippen molar-refractivity contribution in [3.63, 3.8) is 0 Å². The van der Waals surface area contributed by atoms with E-state index in [9.17, 15) is 0 Å². The predicted molar refractivity (Wildman–Crippen MR) is 80.9 cm³/mol. The fraction of sp³-hybridized carbons (Fsp3) is 0.400. The molecule has 3 N–H and O–H groups in total. The maximum Gasteiger partial charge on any atom is 0.145 e. The van der Waals surface area contributed by atoms with Crippen LogP contribution < -0.4 is 10.5 Å². The summed E-state index contributed by atoms with van der Waals surface area (Å²) >= 11 is 0. The summed E-state index contributed by atoms with van der Waals surface area (Å²) in [6.07, 6.45) is 1.83. The first-order valence-electron chi connectivity index (χ1n) is 6.80. The number of aromatic amines is 1. The molecule has 5 heteroatoms. The molecule has 108 valence electrons. The van der Waals surface area contributed by atoms with E-state index in [-0.39, 0.29) is 0 Å². The third kappa shape index (κ3) is 4.59. The van der Waals surface area contributed by atoms with Crippen molar-refractivity contribution in [2.24, 2.45) is 0 Å². The number of nitrogens with one attached hydrogen (secondary N) is 1. The number of H-pyrrole nitrogens is 1. The molecule has 0 aliphatic rings. The molecule has 1 aromatic carbocycles. The first-order chi connectivity index (χ1) is 9.63. The van der Waals surface area contributed by atoms with Crippen molar-refractivity contribution in [1.29, 1.82) is 0 Å². The van der Waals surface area contributed by atoms with Gasteiger partial charge in [-0.05, 0) is 38.2 Å². The highest BCUT2D eigenvalue weighted by atomic mass is 16.5. The number of aromatic nitrogens is 2. The van der Waals surface area contributed by atoms with Crippen LogP contribution in [-0.4, -0.2) is 42.3 Å². The van der Waals surface area contributed by atoms with Crippen LogP contribution in [-0.2, 0) is 6.42 Å². The lowest BCUT2D eigenvalue weighted by Gasteiger charge is -2.10. The summed E-state index contributed by atoms with van der Waals surface area (Å²) in [7, 11) is 4.13. The molecule has 0 saturated heterocycles. The maximum atomic E-state index is 5.70. The number of rotatable bonds is 7. The molecule has 0 amide bonds. The summed E-state index contributed by atoms with van der Waals surface area (Å²) in [6, 6.07) is 10.00. The van der Waals surface area contributed by atoms with Gasteiger partial charge < -0.3 is 15.4 Å². The Labute approximate surface area is 119 Å². The van der Waals surface area contributed by atoms with Crippen LogP contribution in [0.2, 0.25) is 0 Å². The third-order valence-corrected chi connectivity index (χ3v) is 2.99. The van der Waals surface area contributed by atoms with Gasteiger partial charge in [0.2, 0.25) is 0 Å². The summed E-state index contributed by atoms with van der Waals surface area (Å²) in [5, 5.41) is 6.83. The van der Waals surface area contributed by atoms with E-state index in [1.54, 1.807) is 0 Å². The van der Waals surface area contributed by atoms with Crippen LogP contribution in [0.5, 0.6) is 5.75 Å². The molecular formula is C15H22N4O. The molecular weight excluding hydrogens is 252 g/mol. The molecule has 0 spiro atoms. The van der Waals surface area contributed by atoms with Gasteiger partial charge in [-0.25, -0.2) is 0 Å². The number of anilines is 1. The Morgan fingerprint density at radius 3 is 2.60 bits per heavy atom. The van der Waals surface area contributed by atoms with Crippen molar-refractivity contribution in [2.45, 2.75) is 12.8 Å². The van der Waals surface area contributed by atoms with E-state index >= 15 is 0 Å². The second-order valence-electron chi connectivity index (χ2n) is 5.14. The lowest BCUT2D eigenvalue weighted by molar-refractivity contribution is 0.281. The zero-order valence-electron chi connectivity index (χ0n) is 12.1. The molecule has 0 saturated carbocycles. The Hall–Kier alpha value is -2.01. The quantitative estimate of drug-likeness (QED) is 0.757. The van der Waals surface area contributed by atoms with Crippen LogP contribution in [0.25, 0.3) is 0 Å². The zero-order chi connectivity index (χ0) is 14.4. The standard InChI is InChI=1S/C15H22N4O/c1-19(2)8-3-9-20-14-6-4-12(5-7-14)10-13-11-15(16)18-17-13/h4-7,11H,3,8-10H2,1-2H3,(H3,16,17,18). The lowest BCUT2D eigenvalue weighted by Crippen LogP contribution is -2.15. The van der Waals surface area contributed by atoms with Gasteiger partial charge in [-0.2, -0.15) is 5.10 Å². The number of nitrogens with zero attached hydrogens (tertiary/aromatic N) is 2. The average Bonchev–Trinajstić information content (AvgIpc) is 2.82. The number of nitrogens with two attached hydrogens (primary N) is 1. The molecule has 20 heavy (non-hydrogen) atoms. The minimum absolute atomic E-state index is 0.529. The maximum absolute atomic E-state index is 5.70. The van der Waals surface area contributed by atoms with Crippen LogP contribution in [0.3, 0.4) is 0 Å². The minimum atomic E-state index is 0.529. The Balaban J connectivity index is 1.80. The fourth-order valence-corrected chi connectivity index (χ4v) is 1.96. The smallest absolute Gasteiger partial charge is 0.145 e. The Morgan fingerprint density at radius 1 is 1.25 bits per heavy atom. The van der Waals surface area contributed by atoms with E-state index < -0.39 is 0 Å². The Morgan fingerprint density at radius 2 is 2.00 bits per heavy atom. The van der Waals surface area contributed by atoms with E-state index in [2.05, 4.69) is 41.3 Å². The molecule has 1 heterocycles. The molecule has 0 fully saturated rings. The minimum Gasteiger partial charge on any atom is -0.494 e. The summed E-state index contributed by atoms with van der Waals surface area (Å²) in [4.78, 5) is 2.16.